The molecule has 2 rings (SSSR count). The van der Waals surface area contributed by atoms with Crippen molar-refractivity contribution in [3.05, 3.63) is 35.4 Å². The van der Waals surface area contributed by atoms with Crippen LogP contribution >= 0.6 is 0 Å². The Labute approximate surface area is 54.7 Å². The zero-order valence-electron chi connectivity index (χ0n) is 5.17. The van der Waals surface area contributed by atoms with Gasteiger partial charge < -0.3 is 0 Å². The van der Waals surface area contributed by atoms with E-state index in [1.807, 2.05) is 0 Å². The van der Waals surface area contributed by atoms with Crippen molar-refractivity contribution in [1.82, 2.24) is 5.32 Å². The Morgan fingerprint density at radius 1 is 1.00 bits per heavy atom. The topological polar surface area (TPSA) is 14.1 Å². The third-order valence-electron chi connectivity index (χ3n) is 1.68. The quantitative estimate of drug-likeness (QED) is 0.487. The van der Waals surface area contributed by atoms with Crippen LogP contribution in [0.2, 0.25) is 0 Å². The van der Waals surface area contributed by atoms with Crippen LogP contribution in [-0.4, -0.2) is 0 Å². The van der Waals surface area contributed by atoms with Gasteiger partial charge in [-0.15, -0.1) is 0 Å². The van der Waals surface area contributed by atoms with Crippen LogP contribution < -0.4 is 5.32 Å². The van der Waals surface area contributed by atoms with Crippen molar-refractivity contribution in [2.45, 2.75) is 13.1 Å². The van der Waals surface area contributed by atoms with Gasteiger partial charge in [-0.25, -0.2) is 5.32 Å². The predicted molar refractivity (Wildman–Crippen MR) is 36.0 cm³/mol. The molecule has 0 spiro atoms. The largest absolute Gasteiger partial charge is 0.232 e. The van der Waals surface area contributed by atoms with Crippen LogP contribution in [0.25, 0.3) is 0 Å². The summed E-state index contributed by atoms with van der Waals surface area (Å²) in [7, 11) is 0. The van der Waals surface area contributed by atoms with E-state index in [-0.39, 0.29) is 0 Å². The van der Waals surface area contributed by atoms with E-state index < -0.39 is 0 Å². The highest BCUT2D eigenvalue weighted by molar-refractivity contribution is 5.29. The van der Waals surface area contributed by atoms with Gasteiger partial charge in [0.05, 0.1) is 0 Å². The molecule has 1 aromatic carbocycles. The molecule has 1 aromatic rings. The third-order valence-corrected chi connectivity index (χ3v) is 1.68. The van der Waals surface area contributed by atoms with Gasteiger partial charge >= 0.3 is 0 Å². The molecular weight excluding hydrogens is 110 g/mol. The first-order chi connectivity index (χ1) is 4.47. The normalized spacial score (nSPS) is 15.6. The molecule has 45 valence electrons. The Kier molecular flexibility index (Phi) is 1.03. The zero-order chi connectivity index (χ0) is 6.10. The molecule has 0 N–H and O–H groups in total. The van der Waals surface area contributed by atoms with Gasteiger partial charge in [-0.05, 0) is 11.1 Å². The van der Waals surface area contributed by atoms with Crippen LogP contribution in [0, 0.1) is 0 Å². The fourth-order valence-electron chi connectivity index (χ4n) is 1.16. The molecule has 0 unspecified atom stereocenters. The summed E-state index contributed by atoms with van der Waals surface area (Å²) in [5, 5.41) is 4.25. The number of nitrogens with zero attached hydrogens (tertiary/aromatic N) is 1. The SMILES string of the molecule is c1ccc2c(c1)C[N]C2. The Balaban J connectivity index is 2.54. The molecule has 0 amide bonds. The molecule has 0 saturated carbocycles. The average molecular weight is 118 g/mol. The average Bonchev–Trinajstić information content (AvgIpc) is 2.33. The maximum absolute atomic E-state index is 4.25. The number of rotatable bonds is 0. The van der Waals surface area contributed by atoms with E-state index in [0.717, 1.165) is 13.1 Å². The number of hydrogen-bond donors (Lipinski definition) is 0. The van der Waals surface area contributed by atoms with E-state index >= 15 is 0 Å². The summed E-state index contributed by atoms with van der Waals surface area (Å²) in [6, 6.07) is 8.43. The smallest absolute Gasteiger partial charge is 0.0391 e. The van der Waals surface area contributed by atoms with E-state index in [4.69, 9.17) is 0 Å². The molecule has 1 heteroatoms. The van der Waals surface area contributed by atoms with E-state index in [0.29, 0.717) is 0 Å². The molecule has 0 bridgehead atoms. The van der Waals surface area contributed by atoms with E-state index in [9.17, 15) is 0 Å². The van der Waals surface area contributed by atoms with Crippen molar-refractivity contribution >= 4 is 0 Å². The maximum atomic E-state index is 4.25. The Morgan fingerprint density at radius 3 is 2.11 bits per heavy atom. The molecule has 0 atom stereocenters. The minimum absolute atomic E-state index is 0.927. The first kappa shape index (κ1) is 5.00. The summed E-state index contributed by atoms with van der Waals surface area (Å²) in [6.07, 6.45) is 0. The van der Waals surface area contributed by atoms with Crippen molar-refractivity contribution in [2.75, 3.05) is 0 Å². The van der Waals surface area contributed by atoms with Gasteiger partial charge in [-0.2, -0.15) is 0 Å². The standard InChI is InChI=1S/C8H8N/c1-2-4-8-6-9-5-7(8)3-1/h1-4H,5-6H2. The van der Waals surface area contributed by atoms with Gasteiger partial charge in [0.1, 0.15) is 0 Å². The van der Waals surface area contributed by atoms with Gasteiger partial charge in [0.15, 0.2) is 0 Å². The Morgan fingerprint density at radius 2 is 1.56 bits per heavy atom. The minimum atomic E-state index is 0.927. The van der Waals surface area contributed by atoms with Crippen molar-refractivity contribution in [3.8, 4) is 0 Å². The Hall–Kier alpha value is -0.820. The van der Waals surface area contributed by atoms with Crippen molar-refractivity contribution in [2.24, 2.45) is 0 Å². The molecule has 1 radical (unpaired) electrons. The van der Waals surface area contributed by atoms with Gasteiger partial charge in [0, 0.05) is 13.1 Å². The summed E-state index contributed by atoms with van der Waals surface area (Å²) >= 11 is 0. The highest BCUT2D eigenvalue weighted by Gasteiger charge is 2.07. The maximum Gasteiger partial charge on any atom is 0.0391 e. The van der Waals surface area contributed by atoms with Gasteiger partial charge in [0.25, 0.3) is 0 Å². The summed E-state index contributed by atoms with van der Waals surface area (Å²) in [5.74, 6) is 0. The molecule has 1 aliphatic rings. The van der Waals surface area contributed by atoms with Crippen LogP contribution in [0.15, 0.2) is 24.3 Å². The predicted octanol–water partition coefficient (Wildman–Crippen LogP) is 1.30. The van der Waals surface area contributed by atoms with Gasteiger partial charge in [0.2, 0.25) is 0 Å². The summed E-state index contributed by atoms with van der Waals surface area (Å²) in [6.45, 7) is 1.85. The van der Waals surface area contributed by atoms with Crippen molar-refractivity contribution in [1.29, 1.82) is 0 Å². The second-order valence-corrected chi connectivity index (χ2v) is 2.31. The fourth-order valence-corrected chi connectivity index (χ4v) is 1.16. The van der Waals surface area contributed by atoms with Crippen LogP contribution in [0.3, 0.4) is 0 Å². The van der Waals surface area contributed by atoms with E-state index in [1.54, 1.807) is 0 Å². The molecule has 1 nitrogen and oxygen atoms in total. The lowest BCUT2D eigenvalue weighted by Gasteiger charge is -1.91. The molecule has 0 aliphatic carbocycles. The number of benzene rings is 1. The molecule has 1 aliphatic heterocycles. The molecule has 0 fully saturated rings. The highest BCUT2D eigenvalue weighted by Crippen LogP contribution is 2.14. The first-order valence-corrected chi connectivity index (χ1v) is 3.17. The second-order valence-electron chi connectivity index (χ2n) is 2.31. The van der Waals surface area contributed by atoms with Gasteiger partial charge in [-0.3, -0.25) is 0 Å². The second kappa shape index (κ2) is 1.85. The lowest BCUT2D eigenvalue weighted by Crippen LogP contribution is -1.88. The fraction of sp³-hybridized carbons (Fsp3) is 0.250. The number of fused-ring (bicyclic) bond motifs is 1. The van der Waals surface area contributed by atoms with E-state index in [2.05, 4.69) is 29.6 Å². The molecular formula is C8H8N. The lowest BCUT2D eigenvalue weighted by molar-refractivity contribution is 0.746. The van der Waals surface area contributed by atoms with Crippen LogP contribution in [0.4, 0.5) is 0 Å². The molecule has 0 saturated heterocycles. The number of hydrogen-bond acceptors (Lipinski definition) is 0. The molecule has 9 heavy (non-hydrogen) atoms. The van der Waals surface area contributed by atoms with E-state index in [1.165, 1.54) is 11.1 Å². The van der Waals surface area contributed by atoms with Crippen LogP contribution in [-0.2, 0) is 13.1 Å². The third kappa shape index (κ3) is 0.736. The molecule has 1 heterocycles. The van der Waals surface area contributed by atoms with Crippen LogP contribution in [0.1, 0.15) is 11.1 Å². The minimum Gasteiger partial charge on any atom is -0.232 e. The van der Waals surface area contributed by atoms with Crippen molar-refractivity contribution in [3.63, 3.8) is 0 Å². The Bertz CT molecular complexity index is 195. The van der Waals surface area contributed by atoms with Crippen molar-refractivity contribution < 1.29 is 0 Å². The summed E-state index contributed by atoms with van der Waals surface area (Å²) in [5.41, 5.74) is 2.80. The summed E-state index contributed by atoms with van der Waals surface area (Å²) in [4.78, 5) is 0. The lowest BCUT2D eigenvalue weighted by atomic mass is 10.1. The van der Waals surface area contributed by atoms with Gasteiger partial charge in [-0.1, -0.05) is 24.3 Å². The zero-order valence-corrected chi connectivity index (χ0v) is 5.17. The van der Waals surface area contributed by atoms with Crippen LogP contribution in [0.5, 0.6) is 0 Å². The monoisotopic (exact) mass is 118 g/mol. The summed E-state index contributed by atoms with van der Waals surface area (Å²) < 4.78 is 0. The first-order valence-electron chi connectivity index (χ1n) is 3.17. The highest BCUT2D eigenvalue weighted by atomic mass is 14.9. The molecule has 0 aromatic heterocycles.